The Bertz CT molecular complexity index is 759. The Kier molecular flexibility index (Phi) is 6.14. The van der Waals surface area contributed by atoms with Crippen LogP contribution in [0.25, 0.3) is 11.1 Å². The number of carbonyl (C=O) groups excluding carboxylic acids is 1. The Labute approximate surface area is 169 Å². The van der Waals surface area contributed by atoms with Gasteiger partial charge in [-0.15, -0.1) is 0 Å². The minimum absolute atomic E-state index is 0.0169. The van der Waals surface area contributed by atoms with E-state index in [4.69, 9.17) is 4.74 Å². The third-order valence-electron chi connectivity index (χ3n) is 6.69. The van der Waals surface area contributed by atoms with Crippen LogP contribution in [0.4, 0.5) is 0 Å². The first kappa shape index (κ1) is 19.2. The van der Waals surface area contributed by atoms with Gasteiger partial charge in [0.05, 0.1) is 6.42 Å². The van der Waals surface area contributed by atoms with E-state index >= 15 is 0 Å². The molecule has 28 heavy (non-hydrogen) atoms. The monoisotopic (exact) mass is 376 g/mol. The maximum absolute atomic E-state index is 11.0. The molecular formula is C26H32O2. The van der Waals surface area contributed by atoms with Gasteiger partial charge in [0, 0.05) is 0 Å². The van der Waals surface area contributed by atoms with Crippen LogP contribution < -0.4 is 0 Å². The molecule has 0 radical (unpaired) electrons. The van der Waals surface area contributed by atoms with E-state index in [1.54, 1.807) is 0 Å². The Hall–Kier alpha value is -2.09. The number of cyclic esters (lactones) is 1. The van der Waals surface area contributed by atoms with Gasteiger partial charge >= 0.3 is 5.97 Å². The highest BCUT2D eigenvalue weighted by molar-refractivity contribution is 5.75. The zero-order valence-electron chi connectivity index (χ0n) is 17.0. The highest BCUT2D eigenvalue weighted by Crippen LogP contribution is 2.40. The number of benzene rings is 2. The van der Waals surface area contributed by atoms with Crippen LogP contribution in [0.1, 0.15) is 75.3 Å². The van der Waals surface area contributed by atoms with Gasteiger partial charge in [-0.3, -0.25) is 4.79 Å². The predicted molar refractivity (Wildman–Crippen MR) is 114 cm³/mol. The lowest BCUT2D eigenvalue weighted by atomic mass is 9.75. The van der Waals surface area contributed by atoms with Gasteiger partial charge < -0.3 is 4.74 Å². The van der Waals surface area contributed by atoms with Crippen molar-refractivity contribution in [3.63, 3.8) is 0 Å². The van der Waals surface area contributed by atoms with Crippen molar-refractivity contribution < 1.29 is 9.53 Å². The summed E-state index contributed by atoms with van der Waals surface area (Å²) in [6, 6.07) is 18.3. The first-order valence-electron chi connectivity index (χ1n) is 11.1. The molecule has 2 aromatic carbocycles. The van der Waals surface area contributed by atoms with Crippen molar-refractivity contribution in [3.8, 4) is 11.1 Å². The molecule has 0 aromatic heterocycles. The summed E-state index contributed by atoms with van der Waals surface area (Å²) in [6.45, 7) is 2.25. The van der Waals surface area contributed by atoms with E-state index in [-0.39, 0.29) is 12.1 Å². The van der Waals surface area contributed by atoms with Crippen LogP contribution >= 0.6 is 0 Å². The Balaban J connectivity index is 1.32. The van der Waals surface area contributed by atoms with Gasteiger partial charge in [-0.05, 0) is 72.6 Å². The van der Waals surface area contributed by atoms with Crippen LogP contribution in [0, 0.1) is 5.92 Å². The van der Waals surface area contributed by atoms with Crippen molar-refractivity contribution in [2.75, 3.05) is 0 Å². The average molecular weight is 377 g/mol. The highest BCUT2D eigenvalue weighted by Gasteiger charge is 2.37. The van der Waals surface area contributed by atoms with Crippen molar-refractivity contribution in [1.82, 2.24) is 0 Å². The van der Waals surface area contributed by atoms with E-state index in [0.717, 1.165) is 0 Å². The number of aryl methyl sites for hydroxylation is 1. The number of rotatable bonds is 7. The molecule has 1 aliphatic heterocycles. The fourth-order valence-electron chi connectivity index (χ4n) is 4.80. The molecule has 2 fully saturated rings. The van der Waals surface area contributed by atoms with Crippen LogP contribution in [-0.2, 0) is 16.0 Å². The quantitative estimate of drug-likeness (QED) is 0.398. The van der Waals surface area contributed by atoms with Gasteiger partial charge in [-0.1, -0.05) is 68.3 Å². The van der Waals surface area contributed by atoms with E-state index in [1.165, 1.54) is 73.6 Å². The maximum Gasteiger partial charge on any atom is 0.309 e. The van der Waals surface area contributed by atoms with E-state index in [1.807, 2.05) is 0 Å². The Morgan fingerprint density at radius 2 is 1.46 bits per heavy atom. The average Bonchev–Trinajstić information content (AvgIpc) is 2.73. The van der Waals surface area contributed by atoms with Crippen molar-refractivity contribution >= 4 is 5.97 Å². The molecule has 1 saturated carbocycles. The molecule has 2 heteroatoms. The second kappa shape index (κ2) is 8.94. The van der Waals surface area contributed by atoms with Gasteiger partial charge in [-0.2, -0.15) is 0 Å². The van der Waals surface area contributed by atoms with Crippen molar-refractivity contribution in [3.05, 3.63) is 59.7 Å². The second-order valence-electron chi connectivity index (χ2n) is 8.62. The summed E-state index contributed by atoms with van der Waals surface area (Å²) in [4.78, 5) is 11.0. The number of carbonyl (C=O) groups is 1. The molecule has 0 bridgehead atoms. The number of unbranched alkanes of at least 4 members (excludes halogenated alkanes) is 2. The van der Waals surface area contributed by atoms with Gasteiger partial charge in [-0.25, -0.2) is 0 Å². The molecule has 0 spiro atoms. The zero-order chi connectivity index (χ0) is 19.3. The molecule has 2 aliphatic rings. The first-order chi connectivity index (χ1) is 13.7. The number of hydrogen-bond donors (Lipinski definition) is 0. The van der Waals surface area contributed by atoms with Crippen molar-refractivity contribution in [1.29, 1.82) is 0 Å². The number of hydrogen-bond acceptors (Lipinski definition) is 2. The first-order valence-corrected chi connectivity index (χ1v) is 11.1. The van der Waals surface area contributed by atoms with Gasteiger partial charge in [0.1, 0.15) is 6.10 Å². The molecule has 0 amide bonds. The van der Waals surface area contributed by atoms with Gasteiger partial charge in [0.25, 0.3) is 0 Å². The van der Waals surface area contributed by atoms with E-state index < -0.39 is 0 Å². The third kappa shape index (κ3) is 4.48. The lowest BCUT2D eigenvalue weighted by Gasteiger charge is -2.37. The predicted octanol–water partition coefficient (Wildman–Crippen LogP) is 6.68. The molecule has 4 rings (SSSR count). The Morgan fingerprint density at radius 3 is 2.04 bits per heavy atom. The molecule has 1 atom stereocenters. The molecule has 2 aromatic rings. The van der Waals surface area contributed by atoms with Gasteiger partial charge in [0.15, 0.2) is 0 Å². The molecule has 1 saturated heterocycles. The summed E-state index contributed by atoms with van der Waals surface area (Å²) in [7, 11) is 0. The smallest absolute Gasteiger partial charge is 0.309 e. The topological polar surface area (TPSA) is 26.3 Å². The van der Waals surface area contributed by atoms with Crippen LogP contribution in [0.5, 0.6) is 0 Å². The van der Waals surface area contributed by atoms with E-state index in [2.05, 4.69) is 55.5 Å². The molecule has 2 nitrogen and oxygen atoms in total. The zero-order valence-corrected chi connectivity index (χ0v) is 17.0. The van der Waals surface area contributed by atoms with Crippen molar-refractivity contribution in [2.24, 2.45) is 5.92 Å². The summed E-state index contributed by atoms with van der Waals surface area (Å²) < 4.78 is 5.28. The molecule has 148 valence electrons. The third-order valence-corrected chi connectivity index (χ3v) is 6.69. The largest absolute Gasteiger partial charge is 0.461 e. The minimum Gasteiger partial charge on any atom is -0.461 e. The summed E-state index contributed by atoms with van der Waals surface area (Å²) in [5.74, 6) is 1.22. The standard InChI is InChI=1S/C26H32O2/c1-2-3-4-5-19-6-8-20(9-7-19)21-10-12-22(13-11-21)23-14-16-24(17-15-23)25-18-26(27)28-25/h6-13,23-25H,2-5,14-18H2,1H3. The summed E-state index contributed by atoms with van der Waals surface area (Å²) in [5, 5.41) is 0. The van der Waals surface area contributed by atoms with Crippen LogP contribution in [-0.4, -0.2) is 12.1 Å². The maximum atomic E-state index is 11.0. The van der Waals surface area contributed by atoms with Crippen LogP contribution in [0.15, 0.2) is 48.5 Å². The molecule has 1 aliphatic carbocycles. The second-order valence-corrected chi connectivity index (χ2v) is 8.62. The lowest BCUT2D eigenvalue weighted by molar-refractivity contribution is -0.176. The highest BCUT2D eigenvalue weighted by atomic mass is 16.6. The lowest BCUT2D eigenvalue weighted by Crippen LogP contribution is -2.40. The number of ether oxygens (including phenoxy) is 1. The SMILES string of the molecule is CCCCCc1ccc(-c2ccc(C3CCC(C4CC(=O)O4)CC3)cc2)cc1. The molecule has 0 N–H and O–H groups in total. The molecule has 1 heterocycles. The molecular weight excluding hydrogens is 344 g/mol. The van der Waals surface area contributed by atoms with E-state index in [0.29, 0.717) is 18.3 Å². The van der Waals surface area contributed by atoms with Crippen LogP contribution in [0.2, 0.25) is 0 Å². The van der Waals surface area contributed by atoms with Crippen molar-refractivity contribution in [2.45, 2.75) is 76.7 Å². The summed E-state index contributed by atoms with van der Waals surface area (Å²) in [6.07, 6.45) is 10.7. The summed E-state index contributed by atoms with van der Waals surface area (Å²) >= 11 is 0. The fraction of sp³-hybridized carbons (Fsp3) is 0.500. The van der Waals surface area contributed by atoms with E-state index in [9.17, 15) is 4.79 Å². The molecule has 1 unspecified atom stereocenters. The fourth-order valence-corrected chi connectivity index (χ4v) is 4.80. The van der Waals surface area contributed by atoms with Gasteiger partial charge in [0.2, 0.25) is 0 Å². The normalized spacial score (nSPS) is 24.5. The Morgan fingerprint density at radius 1 is 0.857 bits per heavy atom. The van der Waals surface area contributed by atoms with Crippen LogP contribution in [0.3, 0.4) is 0 Å². The minimum atomic E-state index is -0.0169. The summed E-state index contributed by atoms with van der Waals surface area (Å²) in [5.41, 5.74) is 5.52. The number of esters is 1.